The zero-order valence-electron chi connectivity index (χ0n) is 9.52. The molecule has 4 heteroatoms. The van der Waals surface area contributed by atoms with Gasteiger partial charge in [0.1, 0.15) is 6.10 Å². The van der Waals surface area contributed by atoms with Gasteiger partial charge in [-0.3, -0.25) is 0 Å². The molecule has 0 radical (unpaired) electrons. The maximum absolute atomic E-state index is 12.9. The van der Waals surface area contributed by atoms with Crippen LogP contribution in [0.2, 0.25) is 0 Å². The Balaban J connectivity index is 1.98. The van der Waals surface area contributed by atoms with Crippen molar-refractivity contribution in [3.8, 4) is 5.88 Å². The zero-order valence-corrected chi connectivity index (χ0v) is 9.52. The van der Waals surface area contributed by atoms with Crippen molar-refractivity contribution in [2.24, 2.45) is 0 Å². The summed E-state index contributed by atoms with van der Waals surface area (Å²) in [4.78, 5) is 3.69. The van der Waals surface area contributed by atoms with Crippen LogP contribution in [0.4, 0.5) is 4.39 Å². The maximum Gasteiger partial charge on any atom is 0.216 e. The van der Waals surface area contributed by atoms with Gasteiger partial charge in [0, 0.05) is 18.9 Å². The molecular weight excluding hydrogens is 209 g/mol. The molecule has 0 bridgehead atoms. The summed E-state index contributed by atoms with van der Waals surface area (Å²) in [5.41, 5.74) is 0. The third-order valence-electron chi connectivity index (χ3n) is 2.63. The number of halogens is 1. The molecule has 0 aromatic carbocycles. The molecule has 2 atom stereocenters. The second-order valence-electron chi connectivity index (χ2n) is 4.27. The van der Waals surface area contributed by atoms with E-state index in [1.165, 1.54) is 6.07 Å². The molecule has 3 nitrogen and oxygen atoms in total. The Hall–Kier alpha value is -1.16. The fourth-order valence-corrected chi connectivity index (χ4v) is 2.07. The van der Waals surface area contributed by atoms with E-state index >= 15 is 0 Å². The Morgan fingerprint density at radius 3 is 2.62 bits per heavy atom. The molecule has 2 rings (SSSR count). The lowest BCUT2D eigenvalue weighted by molar-refractivity contribution is -0.0730. The van der Waals surface area contributed by atoms with E-state index in [4.69, 9.17) is 9.47 Å². The van der Waals surface area contributed by atoms with Crippen LogP contribution in [-0.4, -0.2) is 23.3 Å². The molecular formula is C12H16FNO2. The molecule has 1 aromatic heterocycles. The van der Waals surface area contributed by atoms with Gasteiger partial charge in [-0.25, -0.2) is 0 Å². The Labute approximate surface area is 94.6 Å². The van der Waals surface area contributed by atoms with Gasteiger partial charge in [-0.05, 0) is 19.9 Å². The van der Waals surface area contributed by atoms with Gasteiger partial charge < -0.3 is 9.47 Å². The average molecular weight is 225 g/mol. The lowest BCUT2D eigenvalue weighted by Crippen LogP contribution is -2.35. The van der Waals surface area contributed by atoms with Crippen molar-refractivity contribution in [3.63, 3.8) is 0 Å². The molecule has 0 spiro atoms. The molecule has 16 heavy (non-hydrogen) atoms. The number of ether oxygens (including phenoxy) is 2. The molecule has 1 aromatic rings. The number of pyridine rings is 1. The predicted octanol–water partition coefficient (Wildman–Crippen LogP) is 2.56. The zero-order chi connectivity index (χ0) is 11.5. The lowest BCUT2D eigenvalue weighted by atomic mass is 10.0. The summed E-state index contributed by atoms with van der Waals surface area (Å²) in [5, 5.41) is 0. The molecule has 1 aliphatic rings. The molecule has 2 unspecified atom stereocenters. The number of nitrogens with zero attached hydrogens (tertiary/aromatic N) is 1. The second kappa shape index (κ2) is 4.78. The van der Waals surface area contributed by atoms with E-state index in [2.05, 4.69) is 4.98 Å². The molecule has 1 fully saturated rings. The fraction of sp³-hybridized carbons (Fsp3) is 0.583. The van der Waals surface area contributed by atoms with E-state index in [1.807, 2.05) is 13.8 Å². The highest BCUT2D eigenvalue weighted by atomic mass is 19.1. The number of hydrogen-bond acceptors (Lipinski definition) is 3. The topological polar surface area (TPSA) is 31.4 Å². The minimum atomic E-state index is -0.509. The van der Waals surface area contributed by atoms with Crippen molar-refractivity contribution >= 4 is 0 Å². The maximum atomic E-state index is 12.9. The van der Waals surface area contributed by atoms with Crippen molar-refractivity contribution in [3.05, 3.63) is 24.1 Å². The van der Waals surface area contributed by atoms with Crippen LogP contribution in [0.5, 0.6) is 5.88 Å². The van der Waals surface area contributed by atoms with E-state index in [0.29, 0.717) is 5.88 Å². The monoisotopic (exact) mass is 225 g/mol. The first-order valence-electron chi connectivity index (χ1n) is 5.58. The molecule has 88 valence electrons. The minimum absolute atomic E-state index is 0.0630. The van der Waals surface area contributed by atoms with Gasteiger partial charge >= 0.3 is 0 Å². The second-order valence-corrected chi connectivity index (χ2v) is 4.27. The van der Waals surface area contributed by atoms with Crippen molar-refractivity contribution in [2.45, 2.75) is 45.0 Å². The van der Waals surface area contributed by atoms with Gasteiger partial charge in [0.2, 0.25) is 11.8 Å². The van der Waals surface area contributed by atoms with Crippen LogP contribution in [0.15, 0.2) is 18.2 Å². The van der Waals surface area contributed by atoms with Crippen LogP contribution in [0.3, 0.4) is 0 Å². The van der Waals surface area contributed by atoms with Crippen LogP contribution >= 0.6 is 0 Å². The molecule has 2 heterocycles. The normalized spacial score (nSPS) is 30.1. The summed E-state index contributed by atoms with van der Waals surface area (Å²) < 4.78 is 24.1. The average Bonchev–Trinajstić information content (AvgIpc) is 2.15. The standard InChI is InChI=1S/C12H16FNO2/c1-8-6-10(7-9(2)15-8)16-12-5-3-4-11(13)14-12/h3-5,8-10H,6-7H2,1-2H3. The van der Waals surface area contributed by atoms with E-state index in [0.717, 1.165) is 12.8 Å². The van der Waals surface area contributed by atoms with Crippen molar-refractivity contribution < 1.29 is 13.9 Å². The first kappa shape index (κ1) is 11.3. The molecule has 0 aliphatic carbocycles. The van der Waals surface area contributed by atoms with E-state index < -0.39 is 5.95 Å². The van der Waals surface area contributed by atoms with Gasteiger partial charge in [0.05, 0.1) is 12.2 Å². The van der Waals surface area contributed by atoms with Gasteiger partial charge in [0.15, 0.2) is 0 Å². The fourth-order valence-electron chi connectivity index (χ4n) is 2.07. The number of aromatic nitrogens is 1. The smallest absolute Gasteiger partial charge is 0.216 e. The van der Waals surface area contributed by atoms with Crippen molar-refractivity contribution in [2.75, 3.05) is 0 Å². The number of hydrogen-bond donors (Lipinski definition) is 0. The highest BCUT2D eigenvalue weighted by molar-refractivity contribution is 5.10. The molecule has 0 N–H and O–H groups in total. The van der Waals surface area contributed by atoms with Crippen LogP contribution < -0.4 is 4.74 Å². The van der Waals surface area contributed by atoms with Gasteiger partial charge in [-0.2, -0.15) is 9.37 Å². The summed E-state index contributed by atoms with van der Waals surface area (Å²) in [7, 11) is 0. The van der Waals surface area contributed by atoms with Crippen molar-refractivity contribution in [1.82, 2.24) is 4.98 Å². The predicted molar refractivity (Wildman–Crippen MR) is 57.9 cm³/mol. The van der Waals surface area contributed by atoms with E-state index in [1.54, 1.807) is 12.1 Å². The molecule has 1 aliphatic heterocycles. The van der Waals surface area contributed by atoms with Crippen LogP contribution in [0.25, 0.3) is 0 Å². The third kappa shape index (κ3) is 2.92. The SMILES string of the molecule is CC1CC(Oc2cccc(F)n2)CC(C)O1. The van der Waals surface area contributed by atoms with Crippen LogP contribution in [0.1, 0.15) is 26.7 Å². The van der Waals surface area contributed by atoms with E-state index in [9.17, 15) is 4.39 Å². The van der Waals surface area contributed by atoms with Crippen molar-refractivity contribution in [1.29, 1.82) is 0 Å². The largest absolute Gasteiger partial charge is 0.474 e. The van der Waals surface area contributed by atoms with Gasteiger partial charge in [-0.15, -0.1) is 0 Å². The number of rotatable bonds is 2. The Morgan fingerprint density at radius 1 is 1.31 bits per heavy atom. The summed E-state index contributed by atoms with van der Waals surface area (Å²) in [6, 6.07) is 4.58. The van der Waals surface area contributed by atoms with Crippen LogP contribution in [0, 0.1) is 5.95 Å². The Bertz CT molecular complexity index is 349. The first-order chi connectivity index (χ1) is 7.63. The molecule has 0 amide bonds. The Kier molecular flexibility index (Phi) is 3.39. The van der Waals surface area contributed by atoms with Gasteiger partial charge in [-0.1, -0.05) is 6.07 Å². The summed E-state index contributed by atoms with van der Waals surface area (Å²) in [6.07, 6.45) is 2.07. The third-order valence-corrected chi connectivity index (χ3v) is 2.63. The Morgan fingerprint density at radius 2 is 2.00 bits per heavy atom. The minimum Gasteiger partial charge on any atom is -0.474 e. The summed E-state index contributed by atoms with van der Waals surface area (Å²) in [5.74, 6) is -0.156. The highest BCUT2D eigenvalue weighted by Gasteiger charge is 2.26. The van der Waals surface area contributed by atoms with Gasteiger partial charge in [0.25, 0.3) is 0 Å². The molecule has 1 saturated heterocycles. The summed E-state index contributed by atoms with van der Waals surface area (Å²) in [6.45, 7) is 4.04. The van der Waals surface area contributed by atoms with E-state index in [-0.39, 0.29) is 18.3 Å². The summed E-state index contributed by atoms with van der Waals surface area (Å²) >= 11 is 0. The highest BCUT2D eigenvalue weighted by Crippen LogP contribution is 2.23. The first-order valence-corrected chi connectivity index (χ1v) is 5.58. The van der Waals surface area contributed by atoms with Crippen LogP contribution in [-0.2, 0) is 4.74 Å². The quantitative estimate of drug-likeness (QED) is 0.725. The molecule has 0 saturated carbocycles. The lowest BCUT2D eigenvalue weighted by Gasteiger charge is -2.31.